The Kier molecular flexibility index (Phi) is 10.1. The van der Waals surface area contributed by atoms with Crippen LogP contribution in [-0.4, -0.2) is 86.1 Å². The Morgan fingerprint density at radius 2 is 1.30 bits per heavy atom. The molecular weight excluding hydrogens is 268 g/mol. The van der Waals surface area contributed by atoms with Gasteiger partial charge in [-0.3, -0.25) is 0 Å². The highest BCUT2D eigenvalue weighted by atomic mass is 16.7. The molecule has 1 saturated heterocycles. The lowest BCUT2D eigenvalue weighted by Crippen LogP contribution is -2.38. The van der Waals surface area contributed by atoms with Crippen LogP contribution in [-0.2, 0) is 33.2 Å². The minimum atomic E-state index is -0.436. The van der Waals surface area contributed by atoms with Gasteiger partial charge in [-0.15, -0.1) is 0 Å². The SMILES string of the molecule is COCCOC1COC(OCCOC)C1OCCOC. The van der Waals surface area contributed by atoms with Gasteiger partial charge in [0.1, 0.15) is 12.2 Å². The summed E-state index contributed by atoms with van der Waals surface area (Å²) in [6.45, 7) is 3.44. The first-order chi connectivity index (χ1) is 9.83. The molecule has 0 spiro atoms. The first kappa shape index (κ1) is 17.8. The van der Waals surface area contributed by atoms with E-state index in [0.29, 0.717) is 46.2 Å². The van der Waals surface area contributed by atoms with Gasteiger partial charge in [-0.2, -0.15) is 0 Å². The van der Waals surface area contributed by atoms with E-state index in [1.165, 1.54) is 0 Å². The van der Waals surface area contributed by atoms with Gasteiger partial charge >= 0.3 is 0 Å². The fourth-order valence-electron chi connectivity index (χ4n) is 1.82. The standard InChI is InChI=1S/C13H26O7/c1-14-4-7-17-11-10-20-13(19-9-6-16-3)12(11)18-8-5-15-2/h11-13H,4-10H2,1-3H3. The van der Waals surface area contributed by atoms with Crippen molar-refractivity contribution in [2.45, 2.75) is 18.5 Å². The van der Waals surface area contributed by atoms with Crippen LogP contribution < -0.4 is 0 Å². The molecule has 0 amide bonds. The molecule has 1 aliphatic heterocycles. The average Bonchev–Trinajstić information content (AvgIpc) is 2.83. The summed E-state index contributed by atoms with van der Waals surface area (Å²) in [4.78, 5) is 0. The molecule has 20 heavy (non-hydrogen) atoms. The normalized spacial score (nSPS) is 26.2. The summed E-state index contributed by atoms with van der Waals surface area (Å²) in [5, 5.41) is 0. The van der Waals surface area contributed by atoms with Crippen molar-refractivity contribution < 1.29 is 33.2 Å². The van der Waals surface area contributed by atoms with Crippen LogP contribution in [0.25, 0.3) is 0 Å². The molecule has 1 heterocycles. The van der Waals surface area contributed by atoms with Crippen molar-refractivity contribution in [3.63, 3.8) is 0 Å². The molecule has 3 atom stereocenters. The van der Waals surface area contributed by atoms with Crippen LogP contribution in [0.5, 0.6) is 0 Å². The van der Waals surface area contributed by atoms with Gasteiger partial charge < -0.3 is 33.2 Å². The minimum Gasteiger partial charge on any atom is -0.382 e. The maximum atomic E-state index is 5.75. The van der Waals surface area contributed by atoms with Crippen LogP contribution in [0.2, 0.25) is 0 Å². The van der Waals surface area contributed by atoms with Crippen molar-refractivity contribution in [2.75, 3.05) is 67.6 Å². The second-order valence-corrected chi connectivity index (χ2v) is 4.30. The fourth-order valence-corrected chi connectivity index (χ4v) is 1.82. The number of hydrogen-bond donors (Lipinski definition) is 0. The molecule has 7 nitrogen and oxygen atoms in total. The minimum absolute atomic E-state index is 0.158. The first-order valence-electron chi connectivity index (χ1n) is 6.76. The molecule has 1 aliphatic rings. The summed E-state index contributed by atoms with van der Waals surface area (Å²) in [5.74, 6) is 0. The van der Waals surface area contributed by atoms with Gasteiger partial charge in [0, 0.05) is 21.3 Å². The largest absolute Gasteiger partial charge is 0.382 e. The summed E-state index contributed by atoms with van der Waals surface area (Å²) in [6, 6.07) is 0. The molecular formula is C13H26O7. The summed E-state index contributed by atoms with van der Waals surface area (Å²) >= 11 is 0. The highest BCUT2D eigenvalue weighted by Gasteiger charge is 2.39. The zero-order valence-corrected chi connectivity index (χ0v) is 12.5. The topological polar surface area (TPSA) is 64.6 Å². The van der Waals surface area contributed by atoms with E-state index in [9.17, 15) is 0 Å². The quantitative estimate of drug-likeness (QED) is 0.472. The molecule has 1 rings (SSSR count). The lowest BCUT2D eigenvalue weighted by Gasteiger charge is -2.23. The predicted molar refractivity (Wildman–Crippen MR) is 70.8 cm³/mol. The van der Waals surface area contributed by atoms with E-state index in [2.05, 4.69) is 0 Å². The Bertz CT molecular complexity index is 209. The number of hydrogen-bond acceptors (Lipinski definition) is 7. The highest BCUT2D eigenvalue weighted by molar-refractivity contribution is 4.81. The molecule has 0 aromatic carbocycles. The third-order valence-electron chi connectivity index (χ3n) is 2.85. The molecule has 3 unspecified atom stereocenters. The molecule has 0 N–H and O–H groups in total. The average molecular weight is 294 g/mol. The highest BCUT2D eigenvalue weighted by Crippen LogP contribution is 2.21. The van der Waals surface area contributed by atoms with E-state index >= 15 is 0 Å². The molecule has 1 fully saturated rings. The summed E-state index contributed by atoms with van der Waals surface area (Å²) in [5.41, 5.74) is 0. The molecule has 0 aromatic heterocycles. The third kappa shape index (κ3) is 6.45. The molecule has 7 heteroatoms. The number of ether oxygens (including phenoxy) is 7. The van der Waals surface area contributed by atoms with E-state index in [4.69, 9.17) is 33.2 Å². The van der Waals surface area contributed by atoms with E-state index in [1.54, 1.807) is 21.3 Å². The van der Waals surface area contributed by atoms with E-state index in [-0.39, 0.29) is 12.2 Å². The van der Waals surface area contributed by atoms with Crippen LogP contribution in [0.15, 0.2) is 0 Å². The first-order valence-corrected chi connectivity index (χ1v) is 6.76. The number of rotatable bonds is 12. The molecule has 0 bridgehead atoms. The summed E-state index contributed by atoms with van der Waals surface area (Å²) in [7, 11) is 4.90. The van der Waals surface area contributed by atoms with E-state index < -0.39 is 6.29 Å². The third-order valence-corrected chi connectivity index (χ3v) is 2.85. The van der Waals surface area contributed by atoms with Crippen LogP contribution in [0.1, 0.15) is 0 Å². The number of methoxy groups -OCH3 is 3. The van der Waals surface area contributed by atoms with Crippen molar-refractivity contribution in [3.05, 3.63) is 0 Å². The second kappa shape index (κ2) is 11.4. The second-order valence-electron chi connectivity index (χ2n) is 4.30. The summed E-state index contributed by atoms with van der Waals surface area (Å²) in [6.07, 6.45) is -0.858. The van der Waals surface area contributed by atoms with Crippen LogP contribution in [0, 0.1) is 0 Å². The smallest absolute Gasteiger partial charge is 0.186 e. The lowest BCUT2D eigenvalue weighted by molar-refractivity contribution is -0.178. The Balaban J connectivity index is 2.38. The van der Waals surface area contributed by atoms with Crippen molar-refractivity contribution in [3.8, 4) is 0 Å². The summed E-state index contributed by atoms with van der Waals surface area (Å²) < 4.78 is 37.5. The van der Waals surface area contributed by atoms with Gasteiger partial charge in [-0.05, 0) is 0 Å². The Morgan fingerprint density at radius 1 is 0.750 bits per heavy atom. The molecule has 0 aromatic rings. The zero-order chi connectivity index (χ0) is 14.6. The van der Waals surface area contributed by atoms with Gasteiger partial charge in [0.2, 0.25) is 0 Å². The van der Waals surface area contributed by atoms with Gasteiger partial charge in [0.05, 0.1) is 46.2 Å². The van der Waals surface area contributed by atoms with E-state index in [1.807, 2.05) is 0 Å². The zero-order valence-electron chi connectivity index (χ0n) is 12.5. The fraction of sp³-hybridized carbons (Fsp3) is 1.00. The Labute approximate surface area is 120 Å². The van der Waals surface area contributed by atoms with Crippen molar-refractivity contribution >= 4 is 0 Å². The van der Waals surface area contributed by atoms with Crippen molar-refractivity contribution in [1.29, 1.82) is 0 Å². The van der Waals surface area contributed by atoms with Gasteiger partial charge in [0.25, 0.3) is 0 Å². The maximum Gasteiger partial charge on any atom is 0.186 e. The molecule has 0 saturated carbocycles. The van der Waals surface area contributed by atoms with E-state index in [0.717, 1.165) is 0 Å². The molecule has 0 aliphatic carbocycles. The Morgan fingerprint density at radius 3 is 1.90 bits per heavy atom. The molecule has 0 radical (unpaired) electrons. The maximum absolute atomic E-state index is 5.75. The van der Waals surface area contributed by atoms with Crippen LogP contribution in [0.4, 0.5) is 0 Å². The lowest BCUT2D eigenvalue weighted by atomic mass is 10.2. The van der Waals surface area contributed by atoms with Gasteiger partial charge in [0.15, 0.2) is 6.29 Å². The van der Waals surface area contributed by atoms with Crippen molar-refractivity contribution in [1.82, 2.24) is 0 Å². The Hall–Kier alpha value is -0.280. The van der Waals surface area contributed by atoms with Crippen LogP contribution in [0.3, 0.4) is 0 Å². The van der Waals surface area contributed by atoms with Crippen LogP contribution >= 0.6 is 0 Å². The monoisotopic (exact) mass is 294 g/mol. The van der Waals surface area contributed by atoms with Crippen molar-refractivity contribution in [2.24, 2.45) is 0 Å². The van der Waals surface area contributed by atoms with Gasteiger partial charge in [-0.25, -0.2) is 0 Å². The van der Waals surface area contributed by atoms with Gasteiger partial charge in [-0.1, -0.05) is 0 Å². The molecule has 120 valence electrons. The predicted octanol–water partition coefficient (Wildman–Crippen LogP) is 0.0689.